The molecular formula is C12H27N3O2S. The lowest BCUT2D eigenvalue weighted by Gasteiger charge is -2.33. The van der Waals surface area contributed by atoms with Gasteiger partial charge in [-0.1, -0.05) is 6.92 Å². The number of hydrogen-bond acceptors (Lipinski definition) is 4. The molecule has 0 bridgehead atoms. The average Bonchev–Trinajstić information content (AvgIpc) is 2.36. The molecule has 0 radical (unpaired) electrons. The molecule has 5 nitrogen and oxygen atoms in total. The lowest BCUT2D eigenvalue weighted by Crippen LogP contribution is -2.49. The minimum Gasteiger partial charge on any atom is -0.320 e. The minimum atomic E-state index is -3.02. The van der Waals surface area contributed by atoms with Gasteiger partial charge in [-0.2, -0.15) is 4.31 Å². The summed E-state index contributed by atoms with van der Waals surface area (Å²) in [5.74, 6) is 0.294. The molecule has 0 saturated carbocycles. The zero-order chi connectivity index (χ0) is 13.4. The summed E-state index contributed by atoms with van der Waals surface area (Å²) in [5, 5.41) is 3.04. The number of hydrogen-bond donors (Lipinski definition) is 1. The van der Waals surface area contributed by atoms with Gasteiger partial charge in [-0.3, -0.25) is 0 Å². The summed E-state index contributed by atoms with van der Waals surface area (Å²) in [6, 6.07) is 0. The van der Waals surface area contributed by atoms with Crippen LogP contribution < -0.4 is 5.32 Å². The van der Waals surface area contributed by atoms with Crippen LogP contribution in [0.4, 0.5) is 0 Å². The van der Waals surface area contributed by atoms with Crippen molar-refractivity contribution in [2.24, 2.45) is 0 Å². The number of nitrogens with one attached hydrogen (secondary N) is 1. The normalized spacial score (nSPS) is 19.2. The van der Waals surface area contributed by atoms with E-state index in [0.717, 1.165) is 45.4 Å². The number of nitrogens with zero attached hydrogens (tertiary/aromatic N) is 2. The van der Waals surface area contributed by atoms with Crippen LogP contribution in [0.25, 0.3) is 0 Å². The van der Waals surface area contributed by atoms with Crippen LogP contribution in [-0.4, -0.2) is 69.7 Å². The van der Waals surface area contributed by atoms with Crippen LogP contribution in [0.3, 0.4) is 0 Å². The molecule has 0 unspecified atom stereocenters. The standard InChI is InChI=1S/C12H27N3O2S/c1-3-7-14-8-10-15(11-9-14)18(16,17)12-5-4-6-13-2/h13H,3-12H2,1-2H3. The summed E-state index contributed by atoms with van der Waals surface area (Å²) in [6.07, 6.45) is 2.81. The topological polar surface area (TPSA) is 52.7 Å². The number of unbranched alkanes of at least 4 members (excludes halogenated alkanes) is 1. The maximum Gasteiger partial charge on any atom is 0.214 e. The Hall–Kier alpha value is -0.170. The molecule has 1 fully saturated rings. The van der Waals surface area contributed by atoms with E-state index >= 15 is 0 Å². The molecule has 1 aliphatic rings. The van der Waals surface area contributed by atoms with Crippen molar-refractivity contribution >= 4 is 10.0 Å². The van der Waals surface area contributed by atoms with Crippen LogP contribution in [0.15, 0.2) is 0 Å². The maximum absolute atomic E-state index is 12.1. The Labute approximate surface area is 112 Å². The second kappa shape index (κ2) is 8.09. The molecule has 1 aliphatic heterocycles. The van der Waals surface area contributed by atoms with E-state index in [-0.39, 0.29) is 0 Å². The molecular weight excluding hydrogens is 250 g/mol. The maximum atomic E-state index is 12.1. The first-order chi connectivity index (χ1) is 8.60. The van der Waals surface area contributed by atoms with Crippen LogP contribution in [0.1, 0.15) is 26.2 Å². The first-order valence-corrected chi connectivity index (χ1v) is 8.56. The predicted octanol–water partition coefficient (Wildman–Crippen LogP) is 0.343. The molecule has 6 heteroatoms. The van der Waals surface area contributed by atoms with Gasteiger partial charge in [-0.05, 0) is 39.4 Å². The summed E-state index contributed by atoms with van der Waals surface area (Å²) in [5.41, 5.74) is 0. The second-order valence-corrected chi connectivity index (χ2v) is 6.96. The number of piperazine rings is 1. The van der Waals surface area contributed by atoms with E-state index in [1.54, 1.807) is 4.31 Å². The van der Waals surface area contributed by atoms with Crippen LogP contribution in [0.5, 0.6) is 0 Å². The van der Waals surface area contributed by atoms with E-state index in [2.05, 4.69) is 17.1 Å². The molecule has 0 amide bonds. The van der Waals surface area contributed by atoms with Crippen LogP contribution in [0, 0.1) is 0 Å². The highest BCUT2D eigenvalue weighted by Gasteiger charge is 2.25. The third-order valence-corrected chi connectivity index (χ3v) is 5.30. The quantitative estimate of drug-likeness (QED) is 0.650. The highest BCUT2D eigenvalue weighted by Crippen LogP contribution is 2.10. The zero-order valence-electron chi connectivity index (χ0n) is 11.7. The van der Waals surface area contributed by atoms with Gasteiger partial charge in [-0.15, -0.1) is 0 Å². The Balaban J connectivity index is 2.31. The van der Waals surface area contributed by atoms with Crippen molar-refractivity contribution in [3.63, 3.8) is 0 Å². The van der Waals surface area contributed by atoms with E-state index in [9.17, 15) is 8.42 Å². The van der Waals surface area contributed by atoms with Crippen molar-refractivity contribution in [1.82, 2.24) is 14.5 Å². The Kier molecular flexibility index (Phi) is 7.14. The smallest absolute Gasteiger partial charge is 0.214 e. The van der Waals surface area contributed by atoms with Crippen molar-refractivity contribution in [1.29, 1.82) is 0 Å². The van der Waals surface area contributed by atoms with Crippen LogP contribution in [0.2, 0.25) is 0 Å². The lowest BCUT2D eigenvalue weighted by molar-refractivity contribution is 0.188. The van der Waals surface area contributed by atoms with Gasteiger partial charge >= 0.3 is 0 Å². The molecule has 1 heterocycles. The number of sulfonamides is 1. The predicted molar refractivity (Wildman–Crippen MR) is 75.3 cm³/mol. The molecule has 0 aromatic carbocycles. The largest absolute Gasteiger partial charge is 0.320 e. The van der Waals surface area contributed by atoms with Crippen molar-refractivity contribution in [2.45, 2.75) is 26.2 Å². The molecule has 18 heavy (non-hydrogen) atoms. The highest BCUT2D eigenvalue weighted by atomic mass is 32.2. The van der Waals surface area contributed by atoms with Gasteiger partial charge in [0, 0.05) is 26.2 Å². The Morgan fingerprint density at radius 1 is 1.11 bits per heavy atom. The Morgan fingerprint density at radius 2 is 1.78 bits per heavy atom. The van der Waals surface area contributed by atoms with E-state index in [1.807, 2.05) is 7.05 Å². The lowest BCUT2D eigenvalue weighted by atomic mass is 10.3. The molecule has 0 aromatic rings. The molecule has 1 rings (SSSR count). The monoisotopic (exact) mass is 277 g/mol. The third kappa shape index (κ3) is 5.22. The SMILES string of the molecule is CCCN1CCN(S(=O)(=O)CCCCNC)CC1. The molecule has 1 N–H and O–H groups in total. The molecule has 0 aliphatic carbocycles. The summed E-state index contributed by atoms with van der Waals surface area (Å²) in [7, 11) is -1.13. The highest BCUT2D eigenvalue weighted by molar-refractivity contribution is 7.89. The molecule has 0 atom stereocenters. The van der Waals surface area contributed by atoms with E-state index in [0.29, 0.717) is 18.8 Å². The molecule has 108 valence electrons. The average molecular weight is 277 g/mol. The first kappa shape index (κ1) is 15.9. The molecule has 1 saturated heterocycles. The summed E-state index contributed by atoms with van der Waals surface area (Å²) in [6.45, 7) is 7.20. The Morgan fingerprint density at radius 3 is 2.33 bits per heavy atom. The van der Waals surface area contributed by atoms with Gasteiger partial charge in [0.25, 0.3) is 0 Å². The van der Waals surface area contributed by atoms with E-state index in [4.69, 9.17) is 0 Å². The van der Waals surface area contributed by atoms with Gasteiger partial charge in [-0.25, -0.2) is 8.42 Å². The van der Waals surface area contributed by atoms with Gasteiger partial charge < -0.3 is 10.2 Å². The summed E-state index contributed by atoms with van der Waals surface area (Å²) >= 11 is 0. The molecule has 0 aromatic heterocycles. The minimum absolute atomic E-state index is 0.294. The van der Waals surface area contributed by atoms with Crippen molar-refractivity contribution in [3.8, 4) is 0 Å². The third-order valence-electron chi connectivity index (χ3n) is 3.34. The van der Waals surface area contributed by atoms with Gasteiger partial charge in [0.15, 0.2) is 0 Å². The van der Waals surface area contributed by atoms with Crippen molar-refractivity contribution < 1.29 is 8.42 Å². The van der Waals surface area contributed by atoms with Gasteiger partial charge in [0.05, 0.1) is 5.75 Å². The van der Waals surface area contributed by atoms with Gasteiger partial charge in [0.2, 0.25) is 10.0 Å². The van der Waals surface area contributed by atoms with E-state index in [1.165, 1.54) is 0 Å². The number of rotatable bonds is 8. The zero-order valence-corrected chi connectivity index (χ0v) is 12.5. The van der Waals surface area contributed by atoms with Crippen LogP contribution >= 0.6 is 0 Å². The van der Waals surface area contributed by atoms with Crippen molar-refractivity contribution in [3.05, 3.63) is 0 Å². The summed E-state index contributed by atoms with van der Waals surface area (Å²) in [4.78, 5) is 2.34. The van der Waals surface area contributed by atoms with Crippen LogP contribution in [-0.2, 0) is 10.0 Å². The van der Waals surface area contributed by atoms with Crippen molar-refractivity contribution in [2.75, 3.05) is 52.1 Å². The first-order valence-electron chi connectivity index (χ1n) is 6.95. The fraction of sp³-hybridized carbons (Fsp3) is 1.00. The second-order valence-electron chi connectivity index (χ2n) is 4.87. The molecule has 0 spiro atoms. The Bertz CT molecular complexity index is 311. The summed E-state index contributed by atoms with van der Waals surface area (Å²) < 4.78 is 25.9. The fourth-order valence-electron chi connectivity index (χ4n) is 2.26. The van der Waals surface area contributed by atoms with E-state index < -0.39 is 10.0 Å². The fourth-order valence-corrected chi connectivity index (χ4v) is 3.81. The van der Waals surface area contributed by atoms with Gasteiger partial charge in [0.1, 0.15) is 0 Å².